The van der Waals surface area contributed by atoms with Crippen molar-refractivity contribution < 1.29 is 9.13 Å². The fourth-order valence-corrected chi connectivity index (χ4v) is 1.95. The molecule has 1 rings (SSSR count). The smallest absolute Gasteiger partial charge is 0.130 e. The highest BCUT2D eigenvalue weighted by molar-refractivity contribution is 5.97. The molecule has 19 heavy (non-hydrogen) atoms. The molecule has 0 saturated carbocycles. The van der Waals surface area contributed by atoms with Crippen molar-refractivity contribution in [2.45, 2.75) is 52.1 Å². The maximum Gasteiger partial charge on any atom is 0.130 e. The number of nitrogens with two attached hydrogens (primary N) is 1. The molecule has 0 bridgehead atoms. The van der Waals surface area contributed by atoms with E-state index in [-0.39, 0.29) is 11.9 Å². The average Bonchev–Trinajstić information content (AvgIpc) is 2.36. The molecule has 0 aliphatic carbocycles. The number of nitrogen functional groups attached to an aromatic ring is 1. The minimum atomic E-state index is -0.409. The minimum absolute atomic E-state index is 0.0421. The third-order valence-corrected chi connectivity index (χ3v) is 3.02. The Morgan fingerprint density at radius 2 is 2.11 bits per heavy atom. The Bertz CT molecular complexity index is 421. The van der Waals surface area contributed by atoms with Crippen LogP contribution in [0.1, 0.15) is 51.5 Å². The maximum atomic E-state index is 13.1. The first-order valence-electron chi connectivity index (χ1n) is 6.85. The number of hydrogen-bond acceptors (Lipinski definition) is 2. The van der Waals surface area contributed by atoms with Crippen LogP contribution in [0.15, 0.2) is 18.2 Å². The molecule has 3 nitrogen and oxygen atoms in total. The molecule has 0 aromatic heterocycles. The van der Waals surface area contributed by atoms with Gasteiger partial charge in [0.1, 0.15) is 17.4 Å². The van der Waals surface area contributed by atoms with E-state index < -0.39 is 5.82 Å². The average molecular weight is 266 g/mol. The molecule has 0 aliphatic heterocycles. The largest absolute Gasteiger partial charge is 0.490 e. The van der Waals surface area contributed by atoms with Gasteiger partial charge in [-0.25, -0.2) is 4.39 Å². The van der Waals surface area contributed by atoms with E-state index in [4.69, 9.17) is 15.9 Å². The van der Waals surface area contributed by atoms with E-state index in [0.717, 1.165) is 12.8 Å². The molecule has 0 fully saturated rings. The van der Waals surface area contributed by atoms with Gasteiger partial charge in [0.15, 0.2) is 0 Å². The molecule has 106 valence electrons. The molecule has 1 aromatic carbocycles. The van der Waals surface area contributed by atoms with Crippen molar-refractivity contribution in [3.05, 3.63) is 29.6 Å². The Morgan fingerprint density at radius 1 is 1.37 bits per heavy atom. The van der Waals surface area contributed by atoms with Crippen LogP contribution in [0.5, 0.6) is 5.75 Å². The summed E-state index contributed by atoms with van der Waals surface area (Å²) in [5.41, 5.74) is 5.76. The molecule has 3 N–H and O–H groups in total. The van der Waals surface area contributed by atoms with Gasteiger partial charge in [-0.1, -0.05) is 26.2 Å². The van der Waals surface area contributed by atoms with Crippen LogP contribution in [0.3, 0.4) is 0 Å². The molecule has 1 atom stereocenters. The quantitative estimate of drug-likeness (QED) is 0.426. The lowest BCUT2D eigenvalue weighted by Gasteiger charge is -2.17. The molecule has 0 aliphatic rings. The van der Waals surface area contributed by atoms with E-state index in [9.17, 15) is 4.39 Å². The molecule has 0 spiro atoms. The van der Waals surface area contributed by atoms with E-state index in [1.807, 2.05) is 6.92 Å². The lowest BCUT2D eigenvalue weighted by Crippen LogP contribution is -2.17. The summed E-state index contributed by atoms with van der Waals surface area (Å²) in [6, 6.07) is 4.10. The molecule has 1 unspecified atom stereocenters. The fraction of sp³-hybridized carbons (Fsp3) is 0.533. The molecule has 1 aromatic rings. The number of hydrogen-bond donors (Lipinski definition) is 2. The highest BCUT2D eigenvalue weighted by atomic mass is 19.1. The van der Waals surface area contributed by atoms with Crippen molar-refractivity contribution in [1.82, 2.24) is 0 Å². The van der Waals surface area contributed by atoms with E-state index in [2.05, 4.69) is 6.92 Å². The zero-order valence-electron chi connectivity index (χ0n) is 11.7. The van der Waals surface area contributed by atoms with E-state index in [1.54, 1.807) is 0 Å². The molecule has 0 amide bonds. The predicted octanol–water partition coefficient (Wildman–Crippen LogP) is 3.85. The molecule has 0 saturated heterocycles. The standard InChI is InChI=1S/C15H23FN2O/c1-3-4-5-6-7-11(2)19-14-9-8-12(16)10-13(14)15(17)18/h8-11H,3-7H2,1-2H3,(H3,17,18). The Balaban J connectivity index is 2.58. The second kappa shape index (κ2) is 7.77. The van der Waals surface area contributed by atoms with Crippen LogP contribution in [0.2, 0.25) is 0 Å². The zero-order valence-corrected chi connectivity index (χ0v) is 11.7. The van der Waals surface area contributed by atoms with Gasteiger partial charge in [-0.05, 0) is 38.0 Å². The van der Waals surface area contributed by atoms with Crippen molar-refractivity contribution in [3.8, 4) is 5.75 Å². The number of nitrogens with one attached hydrogen (secondary N) is 1. The van der Waals surface area contributed by atoms with Crippen LogP contribution in [0.4, 0.5) is 4.39 Å². The van der Waals surface area contributed by atoms with E-state index in [0.29, 0.717) is 11.3 Å². The third kappa shape index (κ3) is 5.28. The van der Waals surface area contributed by atoms with Crippen LogP contribution in [0.25, 0.3) is 0 Å². The highest BCUT2D eigenvalue weighted by Gasteiger charge is 2.11. The first kappa shape index (κ1) is 15.5. The highest BCUT2D eigenvalue weighted by Crippen LogP contribution is 2.22. The summed E-state index contributed by atoms with van der Waals surface area (Å²) in [6.45, 7) is 4.16. The second-order valence-corrected chi connectivity index (χ2v) is 4.83. The molecule has 0 radical (unpaired) electrons. The number of rotatable bonds is 8. The second-order valence-electron chi connectivity index (χ2n) is 4.83. The van der Waals surface area contributed by atoms with Crippen molar-refractivity contribution in [1.29, 1.82) is 5.41 Å². The van der Waals surface area contributed by atoms with Crippen LogP contribution in [-0.2, 0) is 0 Å². The number of unbranched alkanes of at least 4 members (excludes halogenated alkanes) is 3. The molecular weight excluding hydrogens is 243 g/mol. The van der Waals surface area contributed by atoms with Crippen LogP contribution in [-0.4, -0.2) is 11.9 Å². The first-order chi connectivity index (χ1) is 9.04. The summed E-state index contributed by atoms with van der Waals surface area (Å²) < 4.78 is 18.9. The summed E-state index contributed by atoms with van der Waals surface area (Å²) in [5, 5.41) is 7.44. The minimum Gasteiger partial charge on any atom is -0.490 e. The Kier molecular flexibility index (Phi) is 6.33. The van der Waals surface area contributed by atoms with Gasteiger partial charge in [0.05, 0.1) is 11.7 Å². The van der Waals surface area contributed by atoms with Gasteiger partial charge in [0.25, 0.3) is 0 Å². The number of ether oxygens (including phenoxy) is 1. The summed E-state index contributed by atoms with van der Waals surface area (Å²) in [7, 11) is 0. The Morgan fingerprint density at radius 3 is 2.74 bits per heavy atom. The van der Waals surface area contributed by atoms with Crippen molar-refractivity contribution in [2.75, 3.05) is 0 Å². The first-order valence-corrected chi connectivity index (χ1v) is 6.85. The van der Waals surface area contributed by atoms with Gasteiger partial charge in [0.2, 0.25) is 0 Å². The van der Waals surface area contributed by atoms with Gasteiger partial charge in [-0.15, -0.1) is 0 Å². The van der Waals surface area contributed by atoms with Crippen molar-refractivity contribution in [2.24, 2.45) is 5.73 Å². The van der Waals surface area contributed by atoms with Crippen LogP contribution < -0.4 is 10.5 Å². The number of benzene rings is 1. The Hall–Kier alpha value is -1.58. The summed E-state index contributed by atoms with van der Waals surface area (Å²) in [6.07, 6.45) is 5.76. The van der Waals surface area contributed by atoms with E-state index in [1.165, 1.54) is 37.5 Å². The summed E-state index contributed by atoms with van der Waals surface area (Å²) in [5.74, 6) is -0.0993. The maximum absolute atomic E-state index is 13.1. The van der Waals surface area contributed by atoms with Gasteiger partial charge in [-0.3, -0.25) is 5.41 Å². The van der Waals surface area contributed by atoms with Gasteiger partial charge in [0, 0.05) is 0 Å². The Labute approximate surface area is 114 Å². The van der Waals surface area contributed by atoms with Crippen LogP contribution >= 0.6 is 0 Å². The van der Waals surface area contributed by atoms with E-state index >= 15 is 0 Å². The summed E-state index contributed by atoms with van der Waals surface area (Å²) in [4.78, 5) is 0. The summed E-state index contributed by atoms with van der Waals surface area (Å²) >= 11 is 0. The van der Waals surface area contributed by atoms with Gasteiger partial charge < -0.3 is 10.5 Å². The predicted molar refractivity (Wildman–Crippen MR) is 76.3 cm³/mol. The lowest BCUT2D eigenvalue weighted by molar-refractivity contribution is 0.206. The monoisotopic (exact) mass is 266 g/mol. The van der Waals surface area contributed by atoms with Crippen molar-refractivity contribution in [3.63, 3.8) is 0 Å². The number of amidine groups is 1. The van der Waals surface area contributed by atoms with Gasteiger partial charge in [-0.2, -0.15) is 0 Å². The lowest BCUT2D eigenvalue weighted by atomic mass is 10.1. The molecule has 0 heterocycles. The SMILES string of the molecule is CCCCCCC(C)Oc1ccc(F)cc1C(=N)N. The van der Waals surface area contributed by atoms with Gasteiger partial charge >= 0.3 is 0 Å². The fourth-order valence-electron chi connectivity index (χ4n) is 1.95. The topological polar surface area (TPSA) is 59.1 Å². The molecular formula is C15H23FN2O. The third-order valence-electron chi connectivity index (χ3n) is 3.02. The normalized spacial score (nSPS) is 12.2. The zero-order chi connectivity index (χ0) is 14.3. The number of halogens is 1. The van der Waals surface area contributed by atoms with Crippen LogP contribution in [0, 0.1) is 11.2 Å². The van der Waals surface area contributed by atoms with Crippen molar-refractivity contribution >= 4 is 5.84 Å². The molecule has 4 heteroatoms.